The Kier molecular flexibility index (Phi) is 5.40. The maximum atomic E-state index is 12.4. The summed E-state index contributed by atoms with van der Waals surface area (Å²) in [5.74, 6) is 0.698. The number of rotatable bonds is 7. The van der Waals surface area contributed by atoms with Gasteiger partial charge in [-0.15, -0.1) is 11.3 Å². The Bertz CT molecular complexity index is 667. The lowest BCUT2D eigenvalue weighted by Gasteiger charge is -2.28. The van der Waals surface area contributed by atoms with Crippen molar-refractivity contribution in [1.29, 1.82) is 0 Å². The normalized spacial score (nSPS) is 16.0. The Balaban J connectivity index is 1.49. The first-order chi connectivity index (χ1) is 11.7. The fourth-order valence-electron chi connectivity index (χ4n) is 3.11. The molecule has 7 heteroatoms. The van der Waals surface area contributed by atoms with Gasteiger partial charge in [-0.2, -0.15) is 0 Å². The monoisotopic (exact) mass is 345 g/mol. The Morgan fingerprint density at radius 2 is 2.04 bits per heavy atom. The lowest BCUT2D eigenvalue weighted by Crippen LogP contribution is -2.43. The minimum atomic E-state index is -0.244. The van der Waals surface area contributed by atoms with E-state index in [1.165, 1.54) is 0 Å². The number of nitrogens with one attached hydrogen (secondary N) is 2. The van der Waals surface area contributed by atoms with Gasteiger partial charge in [-0.25, -0.2) is 15.0 Å². The molecular formula is C17H23N5OS. The quantitative estimate of drug-likeness (QED) is 0.754. The summed E-state index contributed by atoms with van der Waals surface area (Å²) in [5, 5.41) is 9.51. The van der Waals surface area contributed by atoms with Crippen LogP contribution in [0.25, 0.3) is 0 Å². The predicted molar refractivity (Wildman–Crippen MR) is 94.9 cm³/mol. The highest BCUT2D eigenvalue weighted by molar-refractivity contribution is 7.09. The van der Waals surface area contributed by atoms with E-state index in [0.717, 1.165) is 42.8 Å². The third kappa shape index (κ3) is 4.08. The van der Waals surface area contributed by atoms with Crippen molar-refractivity contribution in [3.8, 4) is 0 Å². The zero-order chi connectivity index (χ0) is 16.8. The molecule has 0 unspecified atom stereocenters. The number of anilines is 1. The summed E-state index contributed by atoms with van der Waals surface area (Å²) in [6.07, 6.45) is 8.90. The van der Waals surface area contributed by atoms with Crippen LogP contribution < -0.4 is 10.6 Å². The van der Waals surface area contributed by atoms with Gasteiger partial charge in [0.25, 0.3) is 0 Å². The summed E-state index contributed by atoms with van der Waals surface area (Å²) in [5.41, 5.74) is 0.786. The van der Waals surface area contributed by atoms with Crippen molar-refractivity contribution < 1.29 is 4.79 Å². The average Bonchev–Trinajstić information content (AvgIpc) is 3.23. The summed E-state index contributed by atoms with van der Waals surface area (Å²) in [6, 6.07) is 1.78. The van der Waals surface area contributed by atoms with Crippen LogP contribution >= 0.6 is 11.3 Å². The second-order valence-electron chi connectivity index (χ2n) is 6.23. The summed E-state index contributed by atoms with van der Waals surface area (Å²) < 4.78 is 0. The van der Waals surface area contributed by atoms with Crippen LogP contribution in [0.4, 0.5) is 5.95 Å². The van der Waals surface area contributed by atoms with Crippen LogP contribution in [-0.4, -0.2) is 27.4 Å². The molecule has 2 aromatic rings. The van der Waals surface area contributed by atoms with Gasteiger partial charge in [-0.05, 0) is 32.3 Å². The molecule has 0 bridgehead atoms. The lowest BCUT2D eigenvalue weighted by molar-refractivity contribution is -0.123. The molecular weight excluding hydrogens is 322 g/mol. The van der Waals surface area contributed by atoms with Gasteiger partial charge in [0.1, 0.15) is 5.01 Å². The topological polar surface area (TPSA) is 79.8 Å². The summed E-state index contributed by atoms with van der Waals surface area (Å²) in [4.78, 5) is 25.2. The van der Waals surface area contributed by atoms with Crippen molar-refractivity contribution >= 4 is 23.2 Å². The predicted octanol–water partition coefficient (Wildman–Crippen LogP) is 3.02. The SMILES string of the molecule is Cc1csc(C2(NC(=O)CCCNc3ncccn3)CCCC2)n1. The maximum absolute atomic E-state index is 12.4. The van der Waals surface area contributed by atoms with E-state index in [4.69, 9.17) is 0 Å². The van der Waals surface area contributed by atoms with Crippen LogP contribution in [0.5, 0.6) is 0 Å². The molecule has 128 valence electrons. The first kappa shape index (κ1) is 16.8. The average molecular weight is 345 g/mol. The van der Waals surface area contributed by atoms with Crippen LogP contribution in [0.15, 0.2) is 23.8 Å². The van der Waals surface area contributed by atoms with Gasteiger partial charge in [-0.3, -0.25) is 4.79 Å². The third-order valence-corrected chi connectivity index (χ3v) is 5.46. The van der Waals surface area contributed by atoms with Crippen LogP contribution in [0.2, 0.25) is 0 Å². The highest BCUT2D eigenvalue weighted by Crippen LogP contribution is 2.40. The molecule has 2 aromatic heterocycles. The van der Waals surface area contributed by atoms with Crippen LogP contribution in [0, 0.1) is 6.92 Å². The number of carbonyl (C=O) groups excluding carboxylic acids is 1. The van der Waals surface area contributed by atoms with Crippen molar-refractivity contribution in [3.05, 3.63) is 34.5 Å². The fourth-order valence-corrected chi connectivity index (χ4v) is 4.13. The molecule has 0 aliphatic heterocycles. The van der Waals surface area contributed by atoms with Gasteiger partial charge in [0.2, 0.25) is 11.9 Å². The van der Waals surface area contributed by atoms with Gasteiger partial charge >= 0.3 is 0 Å². The number of aryl methyl sites for hydroxylation is 1. The number of hydrogen-bond donors (Lipinski definition) is 2. The molecule has 3 rings (SSSR count). The number of amides is 1. The minimum Gasteiger partial charge on any atom is -0.354 e. The molecule has 1 saturated carbocycles. The minimum absolute atomic E-state index is 0.0977. The van der Waals surface area contributed by atoms with Gasteiger partial charge < -0.3 is 10.6 Å². The van der Waals surface area contributed by atoms with E-state index < -0.39 is 0 Å². The lowest BCUT2D eigenvalue weighted by atomic mass is 9.98. The van der Waals surface area contributed by atoms with Gasteiger partial charge in [-0.1, -0.05) is 12.8 Å². The number of carbonyl (C=O) groups is 1. The van der Waals surface area contributed by atoms with Crippen molar-refractivity contribution in [2.45, 2.75) is 51.0 Å². The van der Waals surface area contributed by atoms with E-state index in [-0.39, 0.29) is 11.4 Å². The van der Waals surface area contributed by atoms with Crippen LogP contribution in [0.1, 0.15) is 49.2 Å². The number of hydrogen-bond acceptors (Lipinski definition) is 6. The van der Waals surface area contributed by atoms with Crippen LogP contribution in [-0.2, 0) is 10.3 Å². The van der Waals surface area contributed by atoms with E-state index in [1.54, 1.807) is 29.8 Å². The molecule has 0 radical (unpaired) electrons. The van der Waals surface area contributed by atoms with Crippen molar-refractivity contribution in [1.82, 2.24) is 20.3 Å². The third-order valence-electron chi connectivity index (χ3n) is 4.29. The Morgan fingerprint density at radius 1 is 1.29 bits per heavy atom. The molecule has 6 nitrogen and oxygen atoms in total. The molecule has 0 spiro atoms. The molecule has 0 saturated heterocycles. The second kappa shape index (κ2) is 7.70. The van der Waals surface area contributed by atoms with Gasteiger partial charge in [0.05, 0.1) is 5.54 Å². The summed E-state index contributed by atoms with van der Waals surface area (Å²) in [7, 11) is 0. The Morgan fingerprint density at radius 3 is 2.71 bits per heavy atom. The molecule has 1 aliphatic rings. The highest BCUT2D eigenvalue weighted by atomic mass is 32.1. The van der Waals surface area contributed by atoms with Gasteiger partial charge in [0, 0.05) is 36.4 Å². The van der Waals surface area contributed by atoms with Crippen molar-refractivity contribution in [2.24, 2.45) is 0 Å². The highest BCUT2D eigenvalue weighted by Gasteiger charge is 2.39. The van der Waals surface area contributed by atoms with Gasteiger partial charge in [0.15, 0.2) is 0 Å². The largest absolute Gasteiger partial charge is 0.354 e. The number of thiazole rings is 1. The molecule has 1 aliphatic carbocycles. The zero-order valence-electron chi connectivity index (χ0n) is 13.9. The second-order valence-corrected chi connectivity index (χ2v) is 7.09. The fraction of sp³-hybridized carbons (Fsp3) is 0.529. The number of nitrogens with zero attached hydrogens (tertiary/aromatic N) is 3. The van der Waals surface area contributed by atoms with E-state index in [2.05, 4.69) is 31.0 Å². The maximum Gasteiger partial charge on any atom is 0.222 e. The molecule has 0 aromatic carbocycles. The Labute approximate surface area is 146 Å². The molecule has 1 fully saturated rings. The molecule has 0 atom stereocenters. The zero-order valence-corrected chi connectivity index (χ0v) is 14.7. The first-order valence-corrected chi connectivity index (χ1v) is 9.30. The first-order valence-electron chi connectivity index (χ1n) is 8.42. The summed E-state index contributed by atoms with van der Waals surface area (Å²) in [6.45, 7) is 2.68. The van der Waals surface area contributed by atoms with Crippen LogP contribution in [0.3, 0.4) is 0 Å². The Hall–Kier alpha value is -2.02. The van der Waals surface area contributed by atoms with E-state index in [9.17, 15) is 4.79 Å². The van der Waals surface area contributed by atoms with Crippen molar-refractivity contribution in [2.75, 3.05) is 11.9 Å². The molecule has 24 heavy (non-hydrogen) atoms. The van der Waals surface area contributed by atoms with E-state index >= 15 is 0 Å². The van der Waals surface area contributed by atoms with E-state index in [0.29, 0.717) is 18.9 Å². The van der Waals surface area contributed by atoms with E-state index in [1.807, 2.05) is 6.92 Å². The molecule has 2 N–H and O–H groups in total. The summed E-state index contributed by atoms with van der Waals surface area (Å²) >= 11 is 1.66. The molecule has 2 heterocycles. The van der Waals surface area contributed by atoms with Crippen molar-refractivity contribution in [3.63, 3.8) is 0 Å². The smallest absolute Gasteiger partial charge is 0.222 e. The number of aromatic nitrogens is 3. The standard InChI is InChI=1S/C17H23N5OS/c1-13-12-24-15(21-13)17(7-2-3-8-17)22-14(23)6-4-9-18-16-19-10-5-11-20-16/h5,10-12H,2-4,6-9H2,1H3,(H,22,23)(H,18,19,20). The molecule has 1 amide bonds.